The van der Waals surface area contributed by atoms with E-state index in [1.54, 1.807) is 18.2 Å². The van der Waals surface area contributed by atoms with Gasteiger partial charge in [-0.05, 0) is 55.2 Å². The lowest BCUT2D eigenvalue weighted by Gasteiger charge is -2.22. The van der Waals surface area contributed by atoms with Gasteiger partial charge in [0.05, 0.1) is 5.56 Å². The van der Waals surface area contributed by atoms with Gasteiger partial charge in [0.15, 0.2) is 5.82 Å². The van der Waals surface area contributed by atoms with Gasteiger partial charge in [0.1, 0.15) is 17.7 Å². The van der Waals surface area contributed by atoms with Crippen molar-refractivity contribution < 1.29 is 14.0 Å². The largest absolute Gasteiger partial charge is 0.340 e. The van der Waals surface area contributed by atoms with E-state index in [0.29, 0.717) is 17.4 Å². The maximum absolute atomic E-state index is 13.9. The molecule has 1 aliphatic carbocycles. The first-order chi connectivity index (χ1) is 14.9. The van der Waals surface area contributed by atoms with Crippen molar-refractivity contribution in [1.29, 1.82) is 0 Å². The number of amides is 2. The van der Waals surface area contributed by atoms with E-state index in [1.807, 2.05) is 26.0 Å². The van der Waals surface area contributed by atoms with E-state index in [0.717, 1.165) is 24.2 Å². The Morgan fingerprint density at radius 2 is 1.81 bits per heavy atom. The van der Waals surface area contributed by atoms with Gasteiger partial charge >= 0.3 is 0 Å². The Kier molecular flexibility index (Phi) is 5.79. The number of anilines is 1. The summed E-state index contributed by atoms with van der Waals surface area (Å²) in [6.07, 6.45) is 2.29. The Bertz CT molecular complexity index is 1090. The number of benzene rings is 2. The van der Waals surface area contributed by atoms with Gasteiger partial charge in [0.25, 0.3) is 5.91 Å². The third kappa shape index (κ3) is 4.79. The van der Waals surface area contributed by atoms with Gasteiger partial charge in [-0.3, -0.25) is 14.7 Å². The second-order valence-corrected chi connectivity index (χ2v) is 8.06. The molecule has 2 amide bonds. The molecule has 0 radical (unpaired) electrons. The topological polar surface area (TPSA) is 99.8 Å². The highest BCUT2D eigenvalue weighted by molar-refractivity contribution is 6.01. The fourth-order valence-corrected chi connectivity index (χ4v) is 3.26. The minimum atomic E-state index is -0.819. The normalized spacial score (nSPS) is 14.3. The Morgan fingerprint density at radius 1 is 1.10 bits per heavy atom. The van der Waals surface area contributed by atoms with E-state index < -0.39 is 17.8 Å². The number of carbonyl (C=O) groups excluding carboxylic acids is 2. The Labute approximate surface area is 179 Å². The van der Waals surface area contributed by atoms with Crippen molar-refractivity contribution in [3.8, 4) is 11.4 Å². The predicted octanol–water partition coefficient (Wildman–Crippen LogP) is 3.88. The molecule has 160 valence electrons. The second-order valence-electron chi connectivity index (χ2n) is 8.06. The molecule has 0 spiro atoms. The first-order valence-electron chi connectivity index (χ1n) is 10.3. The molecule has 1 aliphatic rings. The Hall–Kier alpha value is -3.55. The number of hydrogen-bond donors (Lipinski definition) is 3. The van der Waals surface area contributed by atoms with Crippen molar-refractivity contribution in [3.63, 3.8) is 0 Å². The number of nitrogens with zero attached hydrogens (tertiary/aromatic N) is 2. The van der Waals surface area contributed by atoms with Crippen molar-refractivity contribution in [2.24, 2.45) is 5.92 Å². The number of aromatic amines is 1. The molecule has 7 nitrogen and oxygen atoms in total. The van der Waals surface area contributed by atoms with Crippen LogP contribution in [0, 0.1) is 11.7 Å². The summed E-state index contributed by atoms with van der Waals surface area (Å²) >= 11 is 0. The van der Waals surface area contributed by atoms with Crippen LogP contribution in [0.25, 0.3) is 11.4 Å². The molecule has 0 saturated heterocycles. The van der Waals surface area contributed by atoms with Crippen LogP contribution >= 0.6 is 0 Å². The van der Waals surface area contributed by atoms with Crippen LogP contribution < -0.4 is 10.6 Å². The molecule has 8 heteroatoms. The van der Waals surface area contributed by atoms with Gasteiger partial charge < -0.3 is 10.6 Å². The van der Waals surface area contributed by atoms with Crippen molar-refractivity contribution in [2.45, 2.75) is 38.6 Å². The van der Waals surface area contributed by atoms with E-state index in [9.17, 15) is 14.0 Å². The van der Waals surface area contributed by atoms with Gasteiger partial charge in [0, 0.05) is 17.2 Å². The summed E-state index contributed by atoms with van der Waals surface area (Å²) in [4.78, 5) is 29.8. The molecule has 1 atom stereocenters. The average molecular weight is 421 g/mol. The molecule has 2 aromatic carbocycles. The van der Waals surface area contributed by atoms with Crippen LogP contribution in [0.15, 0.2) is 48.5 Å². The summed E-state index contributed by atoms with van der Waals surface area (Å²) in [5, 5.41) is 12.7. The summed E-state index contributed by atoms with van der Waals surface area (Å²) in [5.41, 5.74) is 1.33. The van der Waals surface area contributed by atoms with Gasteiger partial charge in [-0.1, -0.05) is 26.0 Å². The number of hydrogen-bond acceptors (Lipinski definition) is 4. The molecule has 1 aromatic heterocycles. The summed E-state index contributed by atoms with van der Waals surface area (Å²) in [6, 6.07) is 12.0. The molecular weight excluding hydrogens is 397 g/mol. The fraction of sp³-hybridized carbons (Fsp3) is 0.304. The SMILES string of the molecule is CC(C)C(NC(=O)c1ccccc1F)C(=O)Nc1ccc(-c2n[nH]c(C3CC3)n2)cc1. The highest BCUT2D eigenvalue weighted by atomic mass is 19.1. The van der Waals surface area contributed by atoms with Crippen LogP contribution in [-0.2, 0) is 4.79 Å². The molecule has 1 heterocycles. The maximum Gasteiger partial charge on any atom is 0.254 e. The van der Waals surface area contributed by atoms with E-state index in [1.165, 1.54) is 18.2 Å². The molecule has 3 N–H and O–H groups in total. The van der Waals surface area contributed by atoms with Crippen molar-refractivity contribution >= 4 is 17.5 Å². The molecule has 1 saturated carbocycles. The smallest absolute Gasteiger partial charge is 0.254 e. The first kappa shape index (κ1) is 20.7. The molecule has 0 aliphatic heterocycles. The molecular formula is C23H24FN5O2. The van der Waals surface area contributed by atoms with Crippen LogP contribution in [-0.4, -0.2) is 33.0 Å². The fourth-order valence-electron chi connectivity index (χ4n) is 3.26. The lowest BCUT2D eigenvalue weighted by molar-refractivity contribution is -0.118. The van der Waals surface area contributed by atoms with E-state index in [4.69, 9.17) is 0 Å². The summed E-state index contributed by atoms with van der Waals surface area (Å²) in [6.45, 7) is 3.63. The molecule has 4 rings (SSSR count). The molecule has 1 unspecified atom stereocenters. The quantitative estimate of drug-likeness (QED) is 0.539. The lowest BCUT2D eigenvalue weighted by Crippen LogP contribution is -2.47. The summed E-state index contributed by atoms with van der Waals surface area (Å²) in [7, 11) is 0. The van der Waals surface area contributed by atoms with Gasteiger partial charge in [0.2, 0.25) is 5.91 Å². The van der Waals surface area contributed by atoms with Gasteiger partial charge in [-0.2, -0.15) is 5.10 Å². The number of aromatic nitrogens is 3. The highest BCUT2D eigenvalue weighted by Crippen LogP contribution is 2.38. The lowest BCUT2D eigenvalue weighted by atomic mass is 10.0. The zero-order chi connectivity index (χ0) is 22.0. The highest BCUT2D eigenvalue weighted by Gasteiger charge is 2.28. The van der Waals surface area contributed by atoms with Crippen molar-refractivity contribution in [1.82, 2.24) is 20.5 Å². The van der Waals surface area contributed by atoms with Crippen LogP contribution in [0.1, 0.15) is 48.8 Å². The first-order valence-corrected chi connectivity index (χ1v) is 10.3. The zero-order valence-electron chi connectivity index (χ0n) is 17.4. The number of carbonyl (C=O) groups is 2. The number of halogens is 1. The van der Waals surface area contributed by atoms with Crippen LogP contribution in [0.4, 0.5) is 10.1 Å². The third-order valence-electron chi connectivity index (χ3n) is 5.23. The van der Waals surface area contributed by atoms with Crippen molar-refractivity contribution in [2.75, 3.05) is 5.32 Å². The van der Waals surface area contributed by atoms with E-state index in [-0.39, 0.29) is 17.4 Å². The average Bonchev–Trinajstić information content (AvgIpc) is 3.49. The van der Waals surface area contributed by atoms with Crippen LogP contribution in [0.3, 0.4) is 0 Å². The van der Waals surface area contributed by atoms with Crippen molar-refractivity contribution in [3.05, 3.63) is 65.7 Å². The maximum atomic E-state index is 13.9. The van der Waals surface area contributed by atoms with E-state index in [2.05, 4.69) is 25.8 Å². The second kappa shape index (κ2) is 8.67. The number of nitrogens with one attached hydrogen (secondary N) is 3. The van der Waals surface area contributed by atoms with Crippen LogP contribution in [0.2, 0.25) is 0 Å². The molecule has 3 aromatic rings. The number of H-pyrrole nitrogens is 1. The summed E-state index contributed by atoms with van der Waals surface area (Å²) < 4.78 is 13.9. The standard InChI is InChI=1S/C23H24FN5O2/c1-13(2)19(26-22(30)17-5-3-4-6-18(17)24)23(31)25-16-11-9-15(10-12-16)21-27-20(28-29-21)14-7-8-14/h3-6,9-14,19H,7-8H2,1-2H3,(H,25,31)(H,26,30)(H,27,28,29). The molecule has 1 fully saturated rings. The Balaban J connectivity index is 1.42. The zero-order valence-corrected chi connectivity index (χ0v) is 17.4. The monoisotopic (exact) mass is 421 g/mol. The third-order valence-corrected chi connectivity index (χ3v) is 5.23. The minimum Gasteiger partial charge on any atom is -0.340 e. The predicted molar refractivity (Wildman–Crippen MR) is 115 cm³/mol. The van der Waals surface area contributed by atoms with Crippen LogP contribution in [0.5, 0.6) is 0 Å². The van der Waals surface area contributed by atoms with Gasteiger partial charge in [-0.15, -0.1) is 0 Å². The summed E-state index contributed by atoms with van der Waals surface area (Å²) in [5.74, 6) is 0.209. The minimum absolute atomic E-state index is 0.0950. The molecule has 31 heavy (non-hydrogen) atoms. The molecule has 0 bridgehead atoms. The number of rotatable bonds is 7. The Morgan fingerprint density at radius 3 is 2.45 bits per heavy atom. The van der Waals surface area contributed by atoms with E-state index >= 15 is 0 Å². The van der Waals surface area contributed by atoms with Gasteiger partial charge in [-0.25, -0.2) is 9.37 Å².